The van der Waals surface area contributed by atoms with E-state index < -0.39 is 45.1 Å². The molecule has 286 valence electrons. The number of hydrogen-bond donors (Lipinski definition) is 3. The van der Waals surface area contributed by atoms with E-state index in [9.17, 15) is 19.0 Å². The molecule has 0 rings (SSSR count). The van der Waals surface area contributed by atoms with Gasteiger partial charge in [-0.1, -0.05) is 134 Å². The number of ether oxygens (including phenoxy) is 2. The van der Waals surface area contributed by atoms with Crippen LogP contribution in [0.4, 0.5) is 0 Å². The molecular formula is C38H70NO9P. The van der Waals surface area contributed by atoms with Crippen LogP contribution in [0.5, 0.6) is 0 Å². The summed E-state index contributed by atoms with van der Waals surface area (Å²) in [5, 5.41) is 8.85. The van der Waals surface area contributed by atoms with Crippen molar-refractivity contribution in [3.05, 3.63) is 36.5 Å². The van der Waals surface area contributed by atoms with Gasteiger partial charge in [0, 0.05) is 13.0 Å². The van der Waals surface area contributed by atoms with Crippen LogP contribution in [0.2, 0.25) is 0 Å². The first-order valence-electron chi connectivity index (χ1n) is 19.0. The lowest BCUT2D eigenvalue weighted by Crippen LogP contribution is -2.34. The number of nitrogens with two attached hydrogens (primary N) is 1. The van der Waals surface area contributed by atoms with Crippen molar-refractivity contribution in [2.24, 2.45) is 5.73 Å². The Morgan fingerprint density at radius 3 is 1.71 bits per heavy atom. The molecule has 0 fully saturated rings. The number of rotatable bonds is 36. The molecule has 10 nitrogen and oxygen atoms in total. The maximum absolute atomic E-state index is 12.5. The van der Waals surface area contributed by atoms with E-state index in [1.54, 1.807) is 0 Å². The fourth-order valence-corrected chi connectivity index (χ4v) is 5.68. The topological polar surface area (TPSA) is 155 Å². The third kappa shape index (κ3) is 34.4. The van der Waals surface area contributed by atoms with Crippen molar-refractivity contribution in [2.75, 3.05) is 26.4 Å². The molecule has 3 atom stereocenters. The predicted molar refractivity (Wildman–Crippen MR) is 198 cm³/mol. The van der Waals surface area contributed by atoms with Gasteiger partial charge in [0.1, 0.15) is 12.1 Å². The Balaban J connectivity index is 4.25. The summed E-state index contributed by atoms with van der Waals surface area (Å²) in [6.45, 7) is 3.79. The molecule has 3 unspecified atom stereocenters. The van der Waals surface area contributed by atoms with E-state index in [4.69, 9.17) is 24.8 Å². The second kappa shape index (κ2) is 34.6. The van der Waals surface area contributed by atoms with Crippen LogP contribution in [-0.2, 0) is 32.7 Å². The van der Waals surface area contributed by atoms with E-state index >= 15 is 0 Å². The number of carboxylic acid groups (broad SMARTS) is 1. The molecule has 0 bridgehead atoms. The number of carboxylic acids is 1. The molecule has 0 aromatic carbocycles. The molecule has 0 aliphatic carbocycles. The van der Waals surface area contributed by atoms with Crippen LogP contribution < -0.4 is 5.73 Å². The van der Waals surface area contributed by atoms with Crippen molar-refractivity contribution in [1.29, 1.82) is 0 Å². The number of phosphoric ester groups is 1. The third-order valence-electron chi connectivity index (χ3n) is 7.92. The molecular weight excluding hydrogens is 645 g/mol. The first kappa shape index (κ1) is 47.2. The van der Waals surface area contributed by atoms with Crippen LogP contribution in [-0.4, -0.2) is 60.5 Å². The van der Waals surface area contributed by atoms with Crippen LogP contribution in [0.15, 0.2) is 36.5 Å². The van der Waals surface area contributed by atoms with E-state index in [0.717, 1.165) is 70.6 Å². The molecule has 0 aromatic rings. The molecule has 0 amide bonds. The Labute approximate surface area is 297 Å². The maximum atomic E-state index is 12.5. The van der Waals surface area contributed by atoms with Crippen LogP contribution in [0.1, 0.15) is 155 Å². The van der Waals surface area contributed by atoms with E-state index in [1.165, 1.54) is 57.8 Å². The highest BCUT2D eigenvalue weighted by Gasteiger charge is 2.27. The highest BCUT2D eigenvalue weighted by Crippen LogP contribution is 2.43. The molecule has 0 aliphatic heterocycles. The summed E-state index contributed by atoms with van der Waals surface area (Å²) >= 11 is 0. The standard InChI is InChI=1S/C38H70NO9P/c1-3-5-7-9-11-13-14-15-16-17-18-19-20-21-22-23-24-26-28-30-37(40)48-35(32-45-31-29-27-25-12-10-8-6-4-2)33-46-49(43,44)47-34-36(39)38(41)42/h11,13,15-16,18-19,35-36H,3-10,12,14,17,20-34,39H2,1-2H3,(H,41,42)(H,43,44)/b13-11-,16-15-,19-18-. The van der Waals surface area contributed by atoms with Gasteiger partial charge in [-0.2, -0.15) is 0 Å². The van der Waals surface area contributed by atoms with Crippen molar-refractivity contribution < 1.29 is 42.7 Å². The van der Waals surface area contributed by atoms with Gasteiger partial charge in [-0.05, 0) is 51.4 Å². The summed E-state index contributed by atoms with van der Waals surface area (Å²) in [5.41, 5.74) is 5.33. The summed E-state index contributed by atoms with van der Waals surface area (Å²) in [7, 11) is -4.61. The summed E-state index contributed by atoms with van der Waals surface area (Å²) in [5.74, 6) is -1.79. The lowest BCUT2D eigenvalue weighted by atomic mass is 10.1. The van der Waals surface area contributed by atoms with E-state index in [0.29, 0.717) is 13.0 Å². The van der Waals surface area contributed by atoms with Crippen molar-refractivity contribution in [3.8, 4) is 0 Å². The smallest absolute Gasteiger partial charge is 0.472 e. The van der Waals surface area contributed by atoms with Crippen LogP contribution >= 0.6 is 7.82 Å². The summed E-state index contributed by atoms with van der Waals surface area (Å²) in [4.78, 5) is 33.3. The Hall–Kier alpha value is -1.81. The molecule has 4 N–H and O–H groups in total. The second-order valence-corrected chi connectivity index (χ2v) is 14.2. The number of carbonyl (C=O) groups is 2. The van der Waals surface area contributed by atoms with Gasteiger partial charge in [0.2, 0.25) is 0 Å². The number of unbranched alkanes of at least 4 members (excludes halogenated alkanes) is 16. The molecule has 0 saturated heterocycles. The largest absolute Gasteiger partial charge is 0.480 e. The molecule has 0 radical (unpaired) electrons. The van der Waals surface area contributed by atoms with Crippen molar-refractivity contribution >= 4 is 19.8 Å². The van der Waals surface area contributed by atoms with E-state index in [-0.39, 0.29) is 13.0 Å². The molecule has 0 spiro atoms. The Bertz CT molecular complexity index is 925. The molecule has 0 aromatic heterocycles. The molecule has 49 heavy (non-hydrogen) atoms. The number of aliphatic carboxylic acids is 1. The number of esters is 1. The average molecular weight is 716 g/mol. The van der Waals surface area contributed by atoms with E-state index in [2.05, 4.69) is 54.8 Å². The molecule has 0 saturated carbocycles. The zero-order valence-corrected chi connectivity index (χ0v) is 31.7. The Morgan fingerprint density at radius 2 is 1.12 bits per heavy atom. The lowest BCUT2D eigenvalue weighted by molar-refractivity contribution is -0.154. The third-order valence-corrected chi connectivity index (χ3v) is 8.87. The second-order valence-electron chi connectivity index (χ2n) is 12.7. The van der Waals surface area contributed by atoms with Crippen LogP contribution in [0.3, 0.4) is 0 Å². The van der Waals surface area contributed by atoms with Gasteiger partial charge in [-0.25, -0.2) is 4.57 Å². The summed E-state index contributed by atoms with van der Waals surface area (Å²) in [6, 6.07) is -1.47. The highest BCUT2D eigenvalue weighted by molar-refractivity contribution is 7.47. The fourth-order valence-electron chi connectivity index (χ4n) is 4.90. The SMILES string of the molecule is CCCCC/C=C\C/C=C\C/C=C\CCCCCCCCC(=O)OC(COCCCCCCCCCC)COP(=O)(O)OCC(N)C(=O)O. The number of carbonyl (C=O) groups excluding carboxylic acids is 1. The normalized spacial score (nSPS) is 14.5. The highest BCUT2D eigenvalue weighted by atomic mass is 31.2. The monoisotopic (exact) mass is 715 g/mol. The molecule has 0 heterocycles. The average Bonchev–Trinajstić information content (AvgIpc) is 3.07. The maximum Gasteiger partial charge on any atom is 0.472 e. The van der Waals surface area contributed by atoms with Crippen LogP contribution in [0.25, 0.3) is 0 Å². The number of phosphoric acid groups is 1. The Kier molecular flexibility index (Phi) is 33.4. The first-order valence-corrected chi connectivity index (χ1v) is 20.5. The van der Waals surface area contributed by atoms with Gasteiger partial charge in [0.15, 0.2) is 0 Å². The van der Waals surface area contributed by atoms with Gasteiger partial charge in [-0.15, -0.1) is 0 Å². The first-order chi connectivity index (χ1) is 23.7. The van der Waals surface area contributed by atoms with Crippen LogP contribution in [0, 0.1) is 0 Å². The van der Waals surface area contributed by atoms with Gasteiger partial charge in [0.25, 0.3) is 0 Å². The minimum atomic E-state index is -4.61. The summed E-state index contributed by atoms with van der Waals surface area (Å²) < 4.78 is 33.1. The van der Waals surface area contributed by atoms with Crippen molar-refractivity contribution in [3.63, 3.8) is 0 Å². The van der Waals surface area contributed by atoms with Gasteiger partial charge < -0.3 is 25.2 Å². The Morgan fingerprint density at radius 1 is 0.653 bits per heavy atom. The number of allylic oxidation sites excluding steroid dienone is 6. The molecule has 0 aliphatic rings. The van der Waals surface area contributed by atoms with Gasteiger partial charge >= 0.3 is 19.8 Å². The van der Waals surface area contributed by atoms with E-state index in [1.807, 2.05) is 0 Å². The molecule has 11 heteroatoms. The predicted octanol–water partition coefficient (Wildman–Crippen LogP) is 9.75. The number of hydrogen-bond acceptors (Lipinski definition) is 8. The minimum absolute atomic E-state index is 0.0121. The quantitative estimate of drug-likeness (QED) is 0.0247. The minimum Gasteiger partial charge on any atom is -0.480 e. The zero-order valence-electron chi connectivity index (χ0n) is 30.8. The van der Waals surface area contributed by atoms with Gasteiger partial charge in [0.05, 0.1) is 19.8 Å². The van der Waals surface area contributed by atoms with Crippen molar-refractivity contribution in [1.82, 2.24) is 0 Å². The zero-order chi connectivity index (χ0) is 36.3. The lowest BCUT2D eigenvalue weighted by Gasteiger charge is -2.20. The van der Waals surface area contributed by atoms with Crippen molar-refractivity contribution in [2.45, 2.75) is 167 Å². The van der Waals surface area contributed by atoms with Gasteiger partial charge in [-0.3, -0.25) is 18.6 Å². The summed E-state index contributed by atoms with van der Waals surface area (Å²) in [6.07, 6.45) is 36.3. The fraction of sp³-hybridized carbons (Fsp3) is 0.789.